The number of benzene rings is 2. The van der Waals surface area contributed by atoms with Crippen LogP contribution in [0.2, 0.25) is 5.02 Å². The van der Waals surface area contributed by atoms with Crippen LogP contribution in [0.1, 0.15) is 54.7 Å². The second kappa shape index (κ2) is 9.06. The Labute approximate surface area is 198 Å². The van der Waals surface area contributed by atoms with E-state index in [-0.39, 0.29) is 39.2 Å². The highest BCUT2D eigenvalue weighted by Gasteiger charge is 2.36. The van der Waals surface area contributed by atoms with Crippen LogP contribution in [-0.2, 0) is 9.59 Å². The zero-order valence-electron chi connectivity index (χ0n) is 18.9. The van der Waals surface area contributed by atoms with Gasteiger partial charge in [-0.05, 0) is 51.0 Å². The van der Waals surface area contributed by atoms with Gasteiger partial charge < -0.3 is 15.5 Å². The average molecular weight is 493 g/mol. The molecular weight excluding hydrogens is 470 g/mol. The molecule has 2 atom stereocenters. The number of hydrogen-bond acceptors (Lipinski definition) is 4. The predicted octanol–water partition coefficient (Wildman–Crippen LogP) is 4.75. The number of aromatic nitrogens is 1. The second-order valence-corrected chi connectivity index (χ2v) is 8.70. The first-order valence-corrected chi connectivity index (χ1v) is 10.8. The smallest absolute Gasteiger partial charge is 0.329 e. The summed E-state index contributed by atoms with van der Waals surface area (Å²) in [6.45, 7) is 5.77. The third-order valence-electron chi connectivity index (χ3n) is 6.09. The number of carbonyl (C=O) groups excluding carboxylic acids is 2. The van der Waals surface area contributed by atoms with Crippen molar-refractivity contribution < 1.29 is 33.4 Å². The molecule has 0 bridgehead atoms. The molecule has 7 nitrogen and oxygen atoms in total. The Balaban J connectivity index is 2.26. The van der Waals surface area contributed by atoms with E-state index in [4.69, 9.17) is 11.6 Å². The standard InChI is InChI=1S/C24H23ClF2N2O5/c1-5-24(4,23(33)34)28-21(31)11(2)17-12(3)29(22(32)13-7-6-8-14(25)9-13)16-10-15(26)20(30)19(27)18(16)17/h6-11,30H,5H2,1-4H3,(H,28,31)(H,33,34). The maximum atomic E-state index is 15.1. The quantitative estimate of drug-likeness (QED) is 0.460. The molecule has 3 N–H and O–H groups in total. The van der Waals surface area contributed by atoms with Gasteiger partial charge in [0.25, 0.3) is 5.91 Å². The number of nitrogens with zero attached hydrogens (tertiary/aromatic N) is 1. The highest BCUT2D eigenvalue weighted by Crippen LogP contribution is 2.39. The minimum Gasteiger partial charge on any atom is -0.503 e. The maximum Gasteiger partial charge on any atom is 0.329 e. The number of fused-ring (bicyclic) bond motifs is 1. The molecule has 2 aromatic carbocycles. The molecule has 34 heavy (non-hydrogen) atoms. The minimum atomic E-state index is -1.58. The number of aromatic hydroxyl groups is 1. The van der Waals surface area contributed by atoms with Gasteiger partial charge >= 0.3 is 5.97 Å². The van der Waals surface area contributed by atoms with Crippen molar-refractivity contribution >= 4 is 40.3 Å². The molecule has 1 heterocycles. The van der Waals surface area contributed by atoms with E-state index in [2.05, 4.69) is 5.32 Å². The number of carboxylic acids is 1. The van der Waals surface area contributed by atoms with Crippen molar-refractivity contribution in [3.63, 3.8) is 0 Å². The van der Waals surface area contributed by atoms with E-state index < -0.39 is 46.6 Å². The van der Waals surface area contributed by atoms with Gasteiger partial charge in [-0.25, -0.2) is 13.6 Å². The third-order valence-corrected chi connectivity index (χ3v) is 6.32. The van der Waals surface area contributed by atoms with Crippen molar-refractivity contribution in [2.75, 3.05) is 0 Å². The molecule has 1 aromatic heterocycles. The number of phenols is 1. The second-order valence-electron chi connectivity index (χ2n) is 8.27. The summed E-state index contributed by atoms with van der Waals surface area (Å²) < 4.78 is 30.5. The molecule has 0 saturated carbocycles. The fraction of sp³-hybridized carbons (Fsp3) is 0.292. The first kappa shape index (κ1) is 25.2. The Morgan fingerprint density at radius 1 is 1.24 bits per heavy atom. The minimum absolute atomic E-state index is 0.0134. The molecular formula is C24H23ClF2N2O5. The van der Waals surface area contributed by atoms with Crippen LogP contribution in [0, 0.1) is 18.6 Å². The molecule has 0 aliphatic heterocycles. The predicted molar refractivity (Wildman–Crippen MR) is 122 cm³/mol. The van der Waals surface area contributed by atoms with Crippen molar-refractivity contribution in [3.8, 4) is 5.75 Å². The van der Waals surface area contributed by atoms with Gasteiger partial charge in [0, 0.05) is 27.7 Å². The summed E-state index contributed by atoms with van der Waals surface area (Å²) in [6.07, 6.45) is 0.0785. The lowest BCUT2D eigenvalue weighted by Crippen LogP contribution is -2.52. The number of carboxylic acid groups (broad SMARTS) is 1. The number of nitrogens with one attached hydrogen (secondary N) is 1. The zero-order chi connectivity index (χ0) is 25.5. The van der Waals surface area contributed by atoms with Gasteiger partial charge in [0.05, 0.1) is 11.4 Å². The summed E-state index contributed by atoms with van der Waals surface area (Å²) >= 11 is 5.99. The van der Waals surface area contributed by atoms with Gasteiger partial charge in [-0.1, -0.05) is 24.6 Å². The van der Waals surface area contributed by atoms with Crippen LogP contribution < -0.4 is 5.32 Å². The van der Waals surface area contributed by atoms with Crippen LogP contribution in [0.25, 0.3) is 10.9 Å². The van der Waals surface area contributed by atoms with E-state index in [1.807, 2.05) is 0 Å². The largest absolute Gasteiger partial charge is 0.503 e. The molecule has 1 amide bonds. The Morgan fingerprint density at radius 2 is 1.88 bits per heavy atom. The van der Waals surface area contributed by atoms with Crippen LogP contribution in [0.4, 0.5) is 8.78 Å². The molecule has 0 spiro atoms. The summed E-state index contributed by atoms with van der Waals surface area (Å²) in [5.41, 5.74) is -1.50. The summed E-state index contributed by atoms with van der Waals surface area (Å²) in [4.78, 5) is 38.0. The van der Waals surface area contributed by atoms with Gasteiger partial charge in [-0.2, -0.15) is 0 Å². The molecule has 0 fully saturated rings. The van der Waals surface area contributed by atoms with Crippen molar-refractivity contribution in [3.05, 3.63) is 63.8 Å². The molecule has 0 saturated heterocycles. The maximum absolute atomic E-state index is 15.1. The molecule has 3 aromatic rings. The van der Waals surface area contributed by atoms with Gasteiger partial charge in [-0.3, -0.25) is 14.2 Å². The zero-order valence-corrected chi connectivity index (χ0v) is 19.6. The molecule has 0 aliphatic rings. The molecule has 0 aliphatic carbocycles. The van der Waals surface area contributed by atoms with Crippen LogP contribution >= 0.6 is 11.6 Å². The van der Waals surface area contributed by atoms with Gasteiger partial charge in [0.15, 0.2) is 17.4 Å². The molecule has 3 rings (SSSR count). The van der Waals surface area contributed by atoms with E-state index >= 15 is 4.39 Å². The summed E-state index contributed by atoms with van der Waals surface area (Å²) in [5, 5.41) is 21.8. The van der Waals surface area contributed by atoms with E-state index in [9.17, 15) is 29.0 Å². The highest BCUT2D eigenvalue weighted by molar-refractivity contribution is 6.31. The van der Waals surface area contributed by atoms with Crippen molar-refractivity contribution in [1.29, 1.82) is 0 Å². The van der Waals surface area contributed by atoms with E-state index in [0.717, 1.165) is 10.6 Å². The molecule has 0 radical (unpaired) electrons. The lowest BCUT2D eigenvalue weighted by Gasteiger charge is -2.26. The van der Waals surface area contributed by atoms with E-state index in [1.54, 1.807) is 13.0 Å². The van der Waals surface area contributed by atoms with Crippen LogP contribution in [-0.4, -0.2) is 38.1 Å². The number of halogens is 3. The average Bonchev–Trinajstić information content (AvgIpc) is 3.07. The van der Waals surface area contributed by atoms with Crippen molar-refractivity contribution in [2.24, 2.45) is 0 Å². The summed E-state index contributed by atoms with van der Waals surface area (Å²) in [6, 6.07) is 6.77. The summed E-state index contributed by atoms with van der Waals surface area (Å²) in [5.74, 6) is -7.67. The summed E-state index contributed by atoms with van der Waals surface area (Å²) in [7, 11) is 0. The lowest BCUT2D eigenvalue weighted by atomic mass is 9.93. The monoisotopic (exact) mass is 492 g/mol. The molecule has 2 unspecified atom stereocenters. The Bertz CT molecular complexity index is 1340. The van der Waals surface area contributed by atoms with E-state index in [0.29, 0.717) is 0 Å². The molecule has 10 heteroatoms. The third kappa shape index (κ3) is 4.11. The molecule has 180 valence electrons. The van der Waals surface area contributed by atoms with Crippen LogP contribution in [0.3, 0.4) is 0 Å². The van der Waals surface area contributed by atoms with Crippen molar-refractivity contribution in [2.45, 2.75) is 45.6 Å². The fourth-order valence-corrected chi connectivity index (χ4v) is 4.05. The van der Waals surface area contributed by atoms with Gasteiger partial charge in [0.2, 0.25) is 5.91 Å². The lowest BCUT2D eigenvalue weighted by molar-refractivity contribution is -0.147. The highest BCUT2D eigenvalue weighted by atomic mass is 35.5. The normalized spacial score (nSPS) is 14.0. The Hall–Kier alpha value is -3.46. The first-order valence-electron chi connectivity index (χ1n) is 10.4. The number of carbonyl (C=O) groups is 3. The van der Waals surface area contributed by atoms with Gasteiger partial charge in [-0.15, -0.1) is 0 Å². The van der Waals surface area contributed by atoms with Crippen LogP contribution in [0.5, 0.6) is 5.75 Å². The topological polar surface area (TPSA) is 109 Å². The Morgan fingerprint density at radius 3 is 2.44 bits per heavy atom. The first-order chi connectivity index (χ1) is 15.8. The Kier molecular flexibility index (Phi) is 6.71. The number of aliphatic carboxylic acids is 1. The number of rotatable bonds is 6. The van der Waals surface area contributed by atoms with Crippen molar-refractivity contribution in [1.82, 2.24) is 9.88 Å². The van der Waals surface area contributed by atoms with Crippen LogP contribution in [0.15, 0.2) is 30.3 Å². The number of phenolic OH excluding ortho intramolecular Hbond substituents is 1. The number of hydrogen-bond donors (Lipinski definition) is 3. The SMILES string of the molecule is CCC(C)(NC(=O)C(C)c1c(C)n(C(=O)c2cccc(Cl)c2)c2cc(F)c(O)c(F)c12)C(=O)O. The number of amides is 1. The van der Waals surface area contributed by atoms with Gasteiger partial charge in [0.1, 0.15) is 5.54 Å². The fourth-order valence-electron chi connectivity index (χ4n) is 3.86. The van der Waals surface area contributed by atoms with E-state index in [1.165, 1.54) is 39.0 Å².